The molecular formula is C23H24FN5O2S. The Morgan fingerprint density at radius 2 is 1.91 bits per heavy atom. The lowest BCUT2D eigenvalue weighted by Gasteiger charge is -2.17. The standard InChI is InChI=1S/C23H24FN5O2S/c1-3-28-21(15(2)25-22(31)17-9-5-6-10-18(17)24)26-27-23(28)32-14-20(30)29-13-12-16-8-4-7-11-19(16)29/h4-11,15H,3,12-14H2,1-2H3,(H,25,31)/t15-/m0/s1. The number of hydrogen-bond acceptors (Lipinski definition) is 5. The molecule has 1 atom stereocenters. The lowest BCUT2D eigenvalue weighted by Crippen LogP contribution is -2.30. The summed E-state index contributed by atoms with van der Waals surface area (Å²) >= 11 is 1.32. The number of carbonyl (C=O) groups excluding carboxylic acids is 2. The number of halogens is 1. The van der Waals surface area contributed by atoms with E-state index in [0.717, 1.165) is 12.1 Å². The summed E-state index contributed by atoms with van der Waals surface area (Å²) in [6.45, 7) is 4.98. The van der Waals surface area contributed by atoms with Crippen LogP contribution in [-0.4, -0.2) is 38.9 Å². The number of nitrogens with zero attached hydrogens (tertiary/aromatic N) is 4. The normalized spacial score (nSPS) is 13.7. The number of rotatable bonds is 7. The topological polar surface area (TPSA) is 80.1 Å². The molecule has 166 valence electrons. The van der Waals surface area contributed by atoms with Crippen molar-refractivity contribution >= 4 is 29.3 Å². The second kappa shape index (κ2) is 9.52. The lowest BCUT2D eigenvalue weighted by atomic mass is 10.2. The molecule has 0 aliphatic carbocycles. The van der Waals surface area contributed by atoms with Crippen molar-refractivity contribution in [1.82, 2.24) is 20.1 Å². The van der Waals surface area contributed by atoms with E-state index in [9.17, 15) is 14.0 Å². The van der Waals surface area contributed by atoms with Crippen molar-refractivity contribution < 1.29 is 14.0 Å². The van der Waals surface area contributed by atoms with E-state index < -0.39 is 17.8 Å². The second-order valence-electron chi connectivity index (χ2n) is 7.47. The highest BCUT2D eigenvalue weighted by Gasteiger charge is 2.25. The van der Waals surface area contributed by atoms with Gasteiger partial charge in [0.25, 0.3) is 5.91 Å². The predicted octanol–water partition coefficient (Wildman–Crippen LogP) is 3.61. The summed E-state index contributed by atoms with van der Waals surface area (Å²) in [7, 11) is 0. The van der Waals surface area contributed by atoms with Gasteiger partial charge in [0.15, 0.2) is 11.0 Å². The van der Waals surface area contributed by atoms with E-state index in [1.54, 1.807) is 13.0 Å². The summed E-state index contributed by atoms with van der Waals surface area (Å²) in [5, 5.41) is 11.8. The van der Waals surface area contributed by atoms with Crippen molar-refractivity contribution in [3.8, 4) is 0 Å². The molecule has 0 unspecified atom stereocenters. The van der Waals surface area contributed by atoms with Crippen LogP contribution in [0.1, 0.15) is 41.6 Å². The molecule has 2 heterocycles. The van der Waals surface area contributed by atoms with Gasteiger partial charge in [-0.3, -0.25) is 9.59 Å². The van der Waals surface area contributed by atoms with E-state index in [1.165, 1.54) is 35.5 Å². The Morgan fingerprint density at radius 3 is 2.69 bits per heavy atom. The van der Waals surface area contributed by atoms with Crippen LogP contribution in [0.25, 0.3) is 0 Å². The van der Waals surface area contributed by atoms with Gasteiger partial charge in [0.2, 0.25) is 5.91 Å². The van der Waals surface area contributed by atoms with Crippen molar-refractivity contribution in [1.29, 1.82) is 0 Å². The van der Waals surface area contributed by atoms with Crippen LogP contribution >= 0.6 is 11.8 Å². The maximum atomic E-state index is 13.9. The highest BCUT2D eigenvalue weighted by atomic mass is 32.2. The van der Waals surface area contributed by atoms with Gasteiger partial charge in [0.1, 0.15) is 5.82 Å². The predicted molar refractivity (Wildman–Crippen MR) is 121 cm³/mol. The lowest BCUT2D eigenvalue weighted by molar-refractivity contribution is -0.116. The zero-order valence-corrected chi connectivity index (χ0v) is 18.7. The molecule has 9 heteroatoms. The van der Waals surface area contributed by atoms with Crippen molar-refractivity contribution in [3.63, 3.8) is 0 Å². The highest BCUT2D eigenvalue weighted by molar-refractivity contribution is 7.99. The number of para-hydroxylation sites is 1. The van der Waals surface area contributed by atoms with Gasteiger partial charge in [-0.15, -0.1) is 10.2 Å². The Kier molecular flexibility index (Phi) is 6.55. The molecule has 2 aromatic carbocycles. The highest BCUT2D eigenvalue weighted by Crippen LogP contribution is 2.29. The molecule has 0 fully saturated rings. The van der Waals surface area contributed by atoms with Gasteiger partial charge in [-0.05, 0) is 44.0 Å². The third-order valence-corrected chi connectivity index (χ3v) is 6.38. The fourth-order valence-corrected chi connectivity index (χ4v) is 4.70. The average Bonchev–Trinajstić information content (AvgIpc) is 3.41. The minimum absolute atomic E-state index is 0.0204. The smallest absolute Gasteiger partial charge is 0.254 e. The molecule has 1 aromatic heterocycles. The Balaban J connectivity index is 1.42. The number of fused-ring (bicyclic) bond motifs is 1. The summed E-state index contributed by atoms with van der Waals surface area (Å²) < 4.78 is 15.8. The minimum atomic E-state index is -0.576. The van der Waals surface area contributed by atoms with Gasteiger partial charge in [-0.1, -0.05) is 42.1 Å². The van der Waals surface area contributed by atoms with E-state index in [0.29, 0.717) is 24.1 Å². The first-order valence-electron chi connectivity index (χ1n) is 10.5. The summed E-state index contributed by atoms with van der Waals surface area (Å²) in [6, 6.07) is 13.3. The fraction of sp³-hybridized carbons (Fsp3) is 0.304. The van der Waals surface area contributed by atoms with Gasteiger partial charge in [-0.2, -0.15) is 0 Å². The third kappa shape index (κ3) is 4.38. The van der Waals surface area contributed by atoms with Crippen LogP contribution < -0.4 is 10.2 Å². The van der Waals surface area contributed by atoms with Gasteiger partial charge in [0.05, 0.1) is 17.4 Å². The second-order valence-corrected chi connectivity index (χ2v) is 8.42. The number of anilines is 1. The van der Waals surface area contributed by atoms with Crippen molar-refractivity contribution in [2.24, 2.45) is 0 Å². The first-order valence-corrected chi connectivity index (χ1v) is 11.5. The molecule has 0 saturated heterocycles. The molecule has 0 radical (unpaired) electrons. The van der Waals surface area contributed by atoms with Crippen LogP contribution in [0.5, 0.6) is 0 Å². The van der Waals surface area contributed by atoms with Gasteiger partial charge in [0, 0.05) is 18.8 Å². The van der Waals surface area contributed by atoms with E-state index in [1.807, 2.05) is 40.7 Å². The monoisotopic (exact) mass is 453 g/mol. The van der Waals surface area contributed by atoms with E-state index in [2.05, 4.69) is 15.5 Å². The first kappa shape index (κ1) is 22.0. The number of nitrogens with one attached hydrogen (secondary N) is 1. The maximum Gasteiger partial charge on any atom is 0.254 e. The van der Waals surface area contributed by atoms with Crippen molar-refractivity contribution in [2.45, 2.75) is 38.0 Å². The van der Waals surface area contributed by atoms with E-state index >= 15 is 0 Å². The first-order chi connectivity index (χ1) is 15.5. The van der Waals surface area contributed by atoms with E-state index in [4.69, 9.17) is 0 Å². The van der Waals surface area contributed by atoms with Crippen LogP contribution in [-0.2, 0) is 17.8 Å². The molecule has 32 heavy (non-hydrogen) atoms. The van der Waals surface area contributed by atoms with Gasteiger partial charge >= 0.3 is 0 Å². The molecule has 2 amide bonds. The number of amides is 2. The summed E-state index contributed by atoms with van der Waals surface area (Å²) in [4.78, 5) is 27.1. The number of aromatic nitrogens is 3. The molecule has 1 aliphatic heterocycles. The largest absolute Gasteiger partial charge is 0.342 e. The quantitative estimate of drug-likeness (QED) is 0.553. The van der Waals surface area contributed by atoms with Gasteiger partial charge < -0.3 is 14.8 Å². The SMILES string of the molecule is CCn1c(SCC(=O)N2CCc3ccccc32)nnc1[C@H](C)NC(=O)c1ccccc1F. The zero-order chi connectivity index (χ0) is 22.7. The van der Waals surface area contributed by atoms with Crippen molar-refractivity contribution in [3.05, 3.63) is 71.3 Å². The molecule has 0 saturated carbocycles. The molecular weight excluding hydrogens is 429 g/mol. The fourth-order valence-electron chi connectivity index (χ4n) is 3.81. The zero-order valence-electron chi connectivity index (χ0n) is 17.9. The summed E-state index contributed by atoms with van der Waals surface area (Å²) in [5.74, 6) is -0.278. The Hall–Kier alpha value is -3.20. The molecule has 4 rings (SSSR count). The average molecular weight is 454 g/mol. The Bertz CT molecular complexity index is 1150. The number of hydrogen-bond donors (Lipinski definition) is 1. The number of benzene rings is 2. The third-order valence-electron chi connectivity index (χ3n) is 5.43. The summed E-state index contributed by atoms with van der Waals surface area (Å²) in [6.07, 6.45) is 0.862. The van der Waals surface area contributed by atoms with Crippen LogP contribution in [0.3, 0.4) is 0 Å². The Morgan fingerprint density at radius 1 is 1.16 bits per heavy atom. The summed E-state index contributed by atoms with van der Waals surface area (Å²) in [5.41, 5.74) is 2.14. The molecule has 1 N–H and O–H groups in total. The molecule has 0 bridgehead atoms. The molecule has 3 aromatic rings. The van der Waals surface area contributed by atoms with Gasteiger partial charge in [-0.25, -0.2) is 4.39 Å². The van der Waals surface area contributed by atoms with Crippen LogP contribution in [0, 0.1) is 5.82 Å². The number of carbonyl (C=O) groups is 2. The van der Waals surface area contributed by atoms with E-state index in [-0.39, 0.29) is 17.2 Å². The van der Waals surface area contributed by atoms with Crippen molar-refractivity contribution in [2.75, 3.05) is 17.2 Å². The van der Waals surface area contributed by atoms with Crippen LogP contribution in [0.4, 0.5) is 10.1 Å². The molecule has 0 spiro atoms. The van der Waals surface area contributed by atoms with Crippen LogP contribution in [0.2, 0.25) is 0 Å². The maximum absolute atomic E-state index is 13.9. The van der Waals surface area contributed by atoms with Crippen LogP contribution in [0.15, 0.2) is 53.7 Å². The Labute approximate surface area is 190 Å². The number of thioether (sulfide) groups is 1. The molecule has 7 nitrogen and oxygen atoms in total. The minimum Gasteiger partial charge on any atom is -0.342 e. The molecule has 1 aliphatic rings.